The molecule has 0 heterocycles. The van der Waals surface area contributed by atoms with Gasteiger partial charge < -0.3 is 4.90 Å². The predicted octanol–water partition coefficient (Wildman–Crippen LogP) is 3.45. The summed E-state index contributed by atoms with van der Waals surface area (Å²) < 4.78 is 37.1. The largest absolute Gasteiger partial charge is 0.392 e. The lowest BCUT2D eigenvalue weighted by Crippen LogP contribution is -2.40. The molecule has 1 aliphatic rings. The van der Waals surface area contributed by atoms with Crippen LogP contribution in [0, 0.1) is 5.92 Å². The second kappa shape index (κ2) is 5.19. The lowest BCUT2D eigenvalue weighted by Gasteiger charge is -2.33. The van der Waals surface area contributed by atoms with Crippen LogP contribution in [-0.4, -0.2) is 30.7 Å². The third kappa shape index (κ3) is 4.01. The zero-order valence-electron chi connectivity index (χ0n) is 9.48. The van der Waals surface area contributed by atoms with Crippen molar-refractivity contribution < 1.29 is 13.2 Å². The Bertz CT molecular complexity index is 185. The van der Waals surface area contributed by atoms with Gasteiger partial charge in [-0.3, -0.25) is 0 Å². The molecule has 1 nitrogen and oxygen atoms in total. The Labute approximate surface area is 89.6 Å². The maximum Gasteiger partial charge on any atom is 0.392 e. The van der Waals surface area contributed by atoms with Gasteiger partial charge in [-0.05, 0) is 19.9 Å². The Hall–Kier alpha value is -0.250. The molecule has 0 aromatic rings. The van der Waals surface area contributed by atoms with Crippen molar-refractivity contribution in [3.05, 3.63) is 0 Å². The molecule has 15 heavy (non-hydrogen) atoms. The van der Waals surface area contributed by atoms with Gasteiger partial charge in [0, 0.05) is 12.6 Å². The van der Waals surface area contributed by atoms with Gasteiger partial charge in [0.15, 0.2) is 0 Å². The number of hydrogen-bond acceptors (Lipinski definition) is 1. The van der Waals surface area contributed by atoms with Crippen LogP contribution in [0.25, 0.3) is 0 Å². The number of hydrogen-bond donors (Lipinski definition) is 0. The van der Waals surface area contributed by atoms with Crippen LogP contribution in [0.1, 0.15) is 39.0 Å². The van der Waals surface area contributed by atoms with Gasteiger partial charge in [-0.1, -0.05) is 26.2 Å². The molecule has 0 amide bonds. The average Bonchev–Trinajstić information content (AvgIpc) is 2.17. The van der Waals surface area contributed by atoms with Crippen molar-refractivity contribution in [3.8, 4) is 0 Å². The average molecular weight is 223 g/mol. The van der Waals surface area contributed by atoms with Gasteiger partial charge in [-0.15, -0.1) is 0 Å². The van der Waals surface area contributed by atoms with Crippen molar-refractivity contribution in [2.24, 2.45) is 5.92 Å². The van der Waals surface area contributed by atoms with Gasteiger partial charge in [0.2, 0.25) is 0 Å². The first-order chi connectivity index (χ1) is 6.91. The second-order valence-electron chi connectivity index (χ2n) is 4.67. The van der Waals surface area contributed by atoms with E-state index in [0.29, 0.717) is 6.04 Å². The highest BCUT2D eigenvalue weighted by Gasteiger charge is 2.37. The van der Waals surface area contributed by atoms with E-state index in [0.717, 1.165) is 25.7 Å². The summed E-state index contributed by atoms with van der Waals surface area (Å²) in [5, 5.41) is 0. The van der Waals surface area contributed by atoms with E-state index in [1.165, 1.54) is 13.3 Å². The van der Waals surface area contributed by atoms with Crippen LogP contribution in [0.4, 0.5) is 13.2 Å². The number of halogens is 3. The minimum Gasteiger partial charge on any atom is -0.303 e. The predicted molar refractivity (Wildman–Crippen MR) is 54.7 cm³/mol. The molecule has 0 aliphatic heterocycles. The number of alkyl halides is 3. The summed E-state index contributed by atoms with van der Waals surface area (Å²) in [5.74, 6) is -1.22. The molecule has 0 aromatic carbocycles. The van der Waals surface area contributed by atoms with Crippen LogP contribution < -0.4 is 0 Å². The molecular formula is C11H20F3N. The van der Waals surface area contributed by atoms with Crippen molar-refractivity contribution in [2.45, 2.75) is 51.2 Å². The molecule has 1 atom stereocenters. The van der Waals surface area contributed by atoms with E-state index in [2.05, 4.69) is 0 Å². The normalized spacial score (nSPS) is 22.0. The molecule has 4 heteroatoms. The summed E-state index contributed by atoms with van der Waals surface area (Å²) in [4.78, 5) is 1.89. The Morgan fingerprint density at radius 1 is 1.20 bits per heavy atom. The van der Waals surface area contributed by atoms with Crippen LogP contribution in [0.3, 0.4) is 0 Å². The molecule has 0 saturated heterocycles. The van der Waals surface area contributed by atoms with Gasteiger partial charge in [-0.2, -0.15) is 13.2 Å². The summed E-state index contributed by atoms with van der Waals surface area (Å²) in [7, 11) is 1.82. The smallest absolute Gasteiger partial charge is 0.303 e. The molecule has 90 valence electrons. The highest BCUT2D eigenvalue weighted by Crippen LogP contribution is 2.28. The summed E-state index contributed by atoms with van der Waals surface area (Å²) in [6.07, 6.45) is 1.62. The fourth-order valence-corrected chi connectivity index (χ4v) is 2.21. The van der Waals surface area contributed by atoms with Gasteiger partial charge in [0.05, 0.1) is 5.92 Å². The number of nitrogens with zero attached hydrogens (tertiary/aromatic N) is 1. The van der Waals surface area contributed by atoms with Crippen molar-refractivity contribution >= 4 is 0 Å². The lowest BCUT2D eigenvalue weighted by atomic mass is 9.94. The highest BCUT2D eigenvalue weighted by atomic mass is 19.4. The highest BCUT2D eigenvalue weighted by molar-refractivity contribution is 4.76. The van der Waals surface area contributed by atoms with Crippen LogP contribution in [0.15, 0.2) is 0 Å². The maximum atomic E-state index is 12.4. The van der Waals surface area contributed by atoms with Crippen LogP contribution in [0.5, 0.6) is 0 Å². The van der Waals surface area contributed by atoms with E-state index in [1.807, 2.05) is 11.9 Å². The Morgan fingerprint density at radius 3 is 2.20 bits per heavy atom. The summed E-state index contributed by atoms with van der Waals surface area (Å²) in [5.41, 5.74) is 0. The molecule has 1 unspecified atom stereocenters. The van der Waals surface area contributed by atoms with E-state index < -0.39 is 12.1 Å². The quantitative estimate of drug-likeness (QED) is 0.708. The molecule has 1 aliphatic carbocycles. The molecule has 0 radical (unpaired) electrons. The van der Waals surface area contributed by atoms with Gasteiger partial charge in [0.25, 0.3) is 0 Å². The molecule has 1 fully saturated rings. The van der Waals surface area contributed by atoms with E-state index in [1.54, 1.807) is 0 Å². The molecule has 0 spiro atoms. The fraction of sp³-hybridized carbons (Fsp3) is 1.00. The van der Waals surface area contributed by atoms with Gasteiger partial charge in [-0.25, -0.2) is 0 Å². The molecule has 0 aromatic heterocycles. The van der Waals surface area contributed by atoms with E-state index in [4.69, 9.17) is 0 Å². The molecule has 1 saturated carbocycles. The third-order valence-electron chi connectivity index (χ3n) is 3.32. The lowest BCUT2D eigenvalue weighted by molar-refractivity contribution is -0.174. The van der Waals surface area contributed by atoms with Crippen LogP contribution >= 0.6 is 0 Å². The van der Waals surface area contributed by atoms with Crippen LogP contribution in [0.2, 0.25) is 0 Å². The topological polar surface area (TPSA) is 3.24 Å². The third-order valence-corrected chi connectivity index (χ3v) is 3.32. The summed E-state index contributed by atoms with van der Waals surface area (Å²) in [6.45, 7) is 1.40. The zero-order valence-corrected chi connectivity index (χ0v) is 9.48. The Morgan fingerprint density at radius 2 is 1.73 bits per heavy atom. The second-order valence-corrected chi connectivity index (χ2v) is 4.67. The molecule has 0 bridgehead atoms. The van der Waals surface area contributed by atoms with Crippen molar-refractivity contribution in [1.82, 2.24) is 4.90 Å². The van der Waals surface area contributed by atoms with Crippen LogP contribution in [-0.2, 0) is 0 Å². The fourth-order valence-electron chi connectivity index (χ4n) is 2.21. The minimum atomic E-state index is -4.05. The molecular weight excluding hydrogens is 203 g/mol. The number of rotatable bonds is 3. The SMILES string of the molecule is CC(CN(C)C1CCCCC1)C(F)(F)F. The van der Waals surface area contributed by atoms with Crippen molar-refractivity contribution in [2.75, 3.05) is 13.6 Å². The van der Waals surface area contributed by atoms with E-state index >= 15 is 0 Å². The maximum absolute atomic E-state index is 12.4. The molecule has 1 rings (SSSR count). The van der Waals surface area contributed by atoms with Crippen molar-refractivity contribution in [1.29, 1.82) is 0 Å². The summed E-state index contributed by atoms with van der Waals surface area (Å²) in [6, 6.07) is 0.364. The summed E-state index contributed by atoms with van der Waals surface area (Å²) >= 11 is 0. The Kier molecular flexibility index (Phi) is 4.44. The minimum absolute atomic E-state index is 0.133. The zero-order chi connectivity index (χ0) is 11.5. The Balaban J connectivity index is 2.36. The molecule has 0 N–H and O–H groups in total. The van der Waals surface area contributed by atoms with E-state index in [9.17, 15) is 13.2 Å². The standard InChI is InChI=1S/C11H20F3N/c1-9(11(12,13)14)8-15(2)10-6-4-3-5-7-10/h9-10H,3-8H2,1-2H3. The van der Waals surface area contributed by atoms with Crippen molar-refractivity contribution in [3.63, 3.8) is 0 Å². The first kappa shape index (κ1) is 12.8. The van der Waals surface area contributed by atoms with E-state index in [-0.39, 0.29) is 6.54 Å². The first-order valence-electron chi connectivity index (χ1n) is 5.68. The monoisotopic (exact) mass is 223 g/mol. The first-order valence-corrected chi connectivity index (χ1v) is 5.68. The van der Waals surface area contributed by atoms with Gasteiger partial charge >= 0.3 is 6.18 Å². The van der Waals surface area contributed by atoms with Gasteiger partial charge in [0.1, 0.15) is 0 Å².